The second-order valence-electron chi connectivity index (χ2n) is 10.1. The summed E-state index contributed by atoms with van der Waals surface area (Å²) in [7, 11) is 0. The summed E-state index contributed by atoms with van der Waals surface area (Å²) in [6, 6.07) is 7.46. The van der Waals surface area contributed by atoms with Crippen molar-refractivity contribution < 1.29 is 69.7 Å². The van der Waals surface area contributed by atoms with Crippen molar-refractivity contribution in [2.24, 2.45) is 0 Å². The fraction of sp³-hybridized carbons (Fsp3) is 0.444. The third-order valence-corrected chi connectivity index (χ3v) is 7.44. The highest BCUT2D eigenvalue weighted by molar-refractivity contribution is 5.89. The molecule has 2 saturated heterocycles. The lowest BCUT2D eigenvalue weighted by Gasteiger charge is -2.46. The average Bonchev–Trinajstić information content (AvgIpc) is 2.96. The lowest BCUT2D eigenvalue weighted by atomic mass is 9.89. The maximum atomic E-state index is 13.0. The van der Waals surface area contributed by atoms with Gasteiger partial charge in [0.15, 0.2) is 17.3 Å². The molecule has 1 unspecified atom stereocenters. The van der Waals surface area contributed by atoms with Gasteiger partial charge in [-0.2, -0.15) is 0 Å². The minimum atomic E-state index is -1.94. The monoisotopic (exact) mass is 594 g/mol. The van der Waals surface area contributed by atoms with Gasteiger partial charge in [0.25, 0.3) is 0 Å². The third-order valence-electron chi connectivity index (χ3n) is 7.44. The van der Waals surface area contributed by atoms with Gasteiger partial charge >= 0.3 is 0 Å². The summed E-state index contributed by atoms with van der Waals surface area (Å²) in [5, 5.41) is 103. The number of rotatable bonds is 6. The summed E-state index contributed by atoms with van der Waals surface area (Å²) in [4.78, 5) is 13.0. The summed E-state index contributed by atoms with van der Waals surface area (Å²) in [6.45, 7) is -1.60. The quantitative estimate of drug-likeness (QED) is 0.147. The zero-order chi connectivity index (χ0) is 30.5. The van der Waals surface area contributed by atoms with E-state index in [1.807, 2.05) is 0 Å². The van der Waals surface area contributed by atoms with Crippen molar-refractivity contribution in [2.75, 3.05) is 13.2 Å². The molecule has 3 heterocycles. The van der Waals surface area contributed by atoms with Crippen molar-refractivity contribution >= 4 is 11.0 Å². The normalized spacial score (nSPS) is 33.6. The van der Waals surface area contributed by atoms with Gasteiger partial charge in [-0.3, -0.25) is 4.79 Å². The predicted molar refractivity (Wildman–Crippen MR) is 138 cm³/mol. The van der Waals surface area contributed by atoms with Crippen LogP contribution in [0, 0.1) is 0 Å². The zero-order valence-electron chi connectivity index (χ0n) is 21.7. The average molecular weight is 595 g/mol. The molecule has 10 N–H and O–H groups in total. The Morgan fingerprint density at radius 2 is 1.40 bits per heavy atom. The van der Waals surface area contributed by atoms with Crippen LogP contribution >= 0.6 is 0 Å². The highest BCUT2D eigenvalue weighted by atomic mass is 16.7. The first-order valence-electron chi connectivity index (χ1n) is 12.9. The number of phenols is 3. The Morgan fingerprint density at radius 1 is 0.738 bits per heavy atom. The first kappa shape index (κ1) is 30.1. The van der Waals surface area contributed by atoms with Crippen LogP contribution in [-0.2, 0) is 14.2 Å². The zero-order valence-corrected chi connectivity index (χ0v) is 21.7. The fourth-order valence-electron chi connectivity index (χ4n) is 5.19. The van der Waals surface area contributed by atoms with Crippen LogP contribution in [0.4, 0.5) is 0 Å². The Kier molecular flexibility index (Phi) is 8.41. The molecule has 0 amide bonds. The van der Waals surface area contributed by atoms with Crippen molar-refractivity contribution in [2.45, 2.75) is 61.2 Å². The Morgan fingerprint density at radius 3 is 2.05 bits per heavy atom. The lowest BCUT2D eigenvalue weighted by Crippen LogP contribution is -2.63. The molecule has 0 radical (unpaired) electrons. The van der Waals surface area contributed by atoms with E-state index in [-0.39, 0.29) is 22.5 Å². The van der Waals surface area contributed by atoms with Crippen molar-refractivity contribution in [3.05, 3.63) is 52.2 Å². The van der Waals surface area contributed by atoms with Crippen LogP contribution in [0.2, 0.25) is 0 Å². The molecule has 2 aromatic carbocycles. The number of hydrogen-bond donors (Lipinski definition) is 10. The Hall–Kier alpha value is -3.35. The number of fused-ring (bicyclic) bond motifs is 1. The summed E-state index contributed by atoms with van der Waals surface area (Å²) >= 11 is 0. The van der Waals surface area contributed by atoms with Gasteiger partial charge in [-0.25, -0.2) is 0 Å². The van der Waals surface area contributed by atoms with E-state index in [0.717, 1.165) is 12.1 Å². The molecule has 15 nitrogen and oxygen atoms in total. The molecule has 228 valence electrons. The van der Waals surface area contributed by atoms with E-state index in [4.69, 9.17) is 18.6 Å². The molecular formula is C27H30O15. The van der Waals surface area contributed by atoms with Gasteiger partial charge in [-0.15, -0.1) is 0 Å². The molecule has 0 bridgehead atoms. The van der Waals surface area contributed by atoms with E-state index in [9.17, 15) is 55.9 Å². The highest BCUT2D eigenvalue weighted by Crippen LogP contribution is 2.44. The van der Waals surface area contributed by atoms with Crippen LogP contribution in [0.5, 0.6) is 17.2 Å². The number of aliphatic hydroxyl groups excluding tert-OH is 7. The minimum Gasteiger partial charge on any atom is -0.508 e. The van der Waals surface area contributed by atoms with Crippen molar-refractivity contribution in [3.63, 3.8) is 0 Å². The Labute approximate surface area is 236 Å². The number of phenolic OH excluding ortho intramolecular Hbond substituents is 3. The topological polar surface area (TPSA) is 260 Å². The van der Waals surface area contributed by atoms with Gasteiger partial charge < -0.3 is 69.7 Å². The largest absolute Gasteiger partial charge is 0.508 e. The Balaban J connectivity index is 1.53. The smallest absolute Gasteiger partial charge is 0.197 e. The van der Waals surface area contributed by atoms with Crippen LogP contribution in [0.1, 0.15) is 11.7 Å². The van der Waals surface area contributed by atoms with Gasteiger partial charge in [0.1, 0.15) is 83.3 Å². The van der Waals surface area contributed by atoms with E-state index < -0.39 is 97.0 Å². The molecule has 2 fully saturated rings. The molecule has 0 spiro atoms. The van der Waals surface area contributed by atoms with Gasteiger partial charge in [-0.05, 0) is 24.3 Å². The van der Waals surface area contributed by atoms with Crippen LogP contribution < -0.4 is 5.43 Å². The lowest BCUT2D eigenvalue weighted by molar-refractivity contribution is -0.342. The van der Waals surface area contributed by atoms with Gasteiger partial charge in [0.2, 0.25) is 0 Å². The van der Waals surface area contributed by atoms with Crippen LogP contribution in [-0.4, -0.2) is 119 Å². The van der Waals surface area contributed by atoms with E-state index in [1.165, 1.54) is 24.3 Å². The van der Waals surface area contributed by atoms with Gasteiger partial charge in [-0.1, -0.05) is 0 Å². The van der Waals surface area contributed by atoms with E-state index in [1.54, 1.807) is 0 Å². The molecule has 42 heavy (non-hydrogen) atoms. The van der Waals surface area contributed by atoms with Crippen LogP contribution in [0.3, 0.4) is 0 Å². The number of aliphatic hydroxyl groups is 7. The second-order valence-corrected chi connectivity index (χ2v) is 10.1. The molecule has 2 aliphatic heterocycles. The summed E-state index contributed by atoms with van der Waals surface area (Å²) in [6.07, 6.45) is -17.1. The molecule has 0 aliphatic carbocycles. The number of benzene rings is 2. The van der Waals surface area contributed by atoms with E-state index >= 15 is 0 Å². The first-order valence-corrected chi connectivity index (χ1v) is 12.9. The van der Waals surface area contributed by atoms with E-state index in [0.29, 0.717) is 5.56 Å². The molecular weight excluding hydrogens is 564 g/mol. The van der Waals surface area contributed by atoms with Gasteiger partial charge in [0.05, 0.1) is 18.8 Å². The van der Waals surface area contributed by atoms with Crippen LogP contribution in [0.25, 0.3) is 22.3 Å². The predicted octanol–water partition coefficient (Wildman–Crippen LogP) is -2.08. The van der Waals surface area contributed by atoms with Crippen molar-refractivity contribution in [1.29, 1.82) is 0 Å². The molecule has 2 aliphatic rings. The molecule has 3 aromatic rings. The highest BCUT2D eigenvalue weighted by Gasteiger charge is 2.51. The maximum Gasteiger partial charge on any atom is 0.197 e. The molecule has 15 heteroatoms. The van der Waals surface area contributed by atoms with E-state index in [2.05, 4.69) is 0 Å². The third kappa shape index (κ3) is 5.20. The van der Waals surface area contributed by atoms with Crippen molar-refractivity contribution in [3.8, 4) is 28.6 Å². The van der Waals surface area contributed by atoms with Gasteiger partial charge in [0, 0.05) is 17.7 Å². The molecule has 5 rings (SSSR count). The molecule has 10 atom stereocenters. The first-order chi connectivity index (χ1) is 20.0. The number of ether oxygens (including phenoxy) is 3. The number of hydrogen-bond acceptors (Lipinski definition) is 15. The van der Waals surface area contributed by atoms with Crippen molar-refractivity contribution in [1.82, 2.24) is 0 Å². The standard InChI is InChI=1S/C27H30O15/c28-7-15-19(34)20(35)23(38)27(41-15)42-24-16(8-29)40-26(22(37)21(24)36)18-12(32)5-11(31)17-13(33)6-14(39-25(17)18)9-1-3-10(30)4-2-9/h1-6,15-16,19-24,26-32,34-38H,7-8H2/t15-,16+,19-,20+,21-,22-,23-,24+,26?,27-/m0/s1. The second kappa shape index (κ2) is 11.7. The number of aromatic hydroxyl groups is 3. The fourth-order valence-corrected chi connectivity index (χ4v) is 5.19. The SMILES string of the molecule is O=c1cc(-c2ccc(O)cc2)oc2c(C3O[C@H](CO)[C@@H](O[C@@H]4O[C@@H](CO)[C@H](O)[C@@H](O)[C@@H]4O)[C@@H](O)[C@@H]3O)c(O)cc(O)c12. The Bertz CT molecular complexity index is 1470. The summed E-state index contributed by atoms with van der Waals surface area (Å²) < 4.78 is 22.5. The summed E-state index contributed by atoms with van der Waals surface area (Å²) in [5.41, 5.74) is -1.14. The molecule has 0 saturated carbocycles. The maximum absolute atomic E-state index is 13.0. The molecule has 1 aromatic heterocycles. The summed E-state index contributed by atoms with van der Waals surface area (Å²) in [5.74, 6) is -1.42. The minimum absolute atomic E-state index is 0.0351. The van der Waals surface area contributed by atoms with Crippen LogP contribution in [0.15, 0.2) is 45.6 Å².